The Morgan fingerprint density at radius 2 is 2.00 bits per heavy atom. The number of aryl methyl sites for hydroxylation is 1. The molecular weight excluding hydrogens is 253 g/mol. The van der Waals surface area contributed by atoms with Crippen molar-refractivity contribution in [3.63, 3.8) is 0 Å². The number of hydrogen-bond acceptors (Lipinski definition) is 2. The average molecular weight is 273 g/mol. The van der Waals surface area contributed by atoms with Gasteiger partial charge in [-0.05, 0) is 50.2 Å². The maximum absolute atomic E-state index is 14.2. The number of hydrogen-bond donors (Lipinski definition) is 1. The van der Waals surface area contributed by atoms with Crippen molar-refractivity contribution >= 4 is 0 Å². The monoisotopic (exact) mass is 273 g/mol. The van der Waals surface area contributed by atoms with Crippen LogP contribution in [0.15, 0.2) is 42.5 Å². The van der Waals surface area contributed by atoms with Gasteiger partial charge in [-0.2, -0.15) is 0 Å². The van der Waals surface area contributed by atoms with Crippen LogP contribution >= 0.6 is 0 Å². The molecule has 2 nitrogen and oxygen atoms in total. The summed E-state index contributed by atoms with van der Waals surface area (Å²) in [5, 5.41) is 3.17. The summed E-state index contributed by atoms with van der Waals surface area (Å²) < 4.78 is 19.7. The second-order valence-corrected chi connectivity index (χ2v) is 4.75. The molecule has 0 aromatic heterocycles. The van der Waals surface area contributed by atoms with Gasteiger partial charge in [-0.1, -0.05) is 24.3 Å². The van der Waals surface area contributed by atoms with E-state index in [4.69, 9.17) is 4.74 Å². The highest BCUT2D eigenvalue weighted by Gasteiger charge is 2.16. The molecule has 2 rings (SSSR count). The van der Waals surface area contributed by atoms with Crippen LogP contribution in [0.2, 0.25) is 0 Å². The van der Waals surface area contributed by atoms with Crippen LogP contribution in [-0.2, 0) is 0 Å². The van der Waals surface area contributed by atoms with Crippen LogP contribution in [0.25, 0.3) is 0 Å². The molecular formula is C17H20FNO. The molecule has 0 saturated heterocycles. The van der Waals surface area contributed by atoms with E-state index in [1.54, 1.807) is 6.07 Å². The van der Waals surface area contributed by atoms with Crippen LogP contribution in [0, 0.1) is 12.7 Å². The molecule has 0 aliphatic rings. The zero-order valence-electron chi connectivity index (χ0n) is 12.1. The van der Waals surface area contributed by atoms with E-state index in [1.807, 2.05) is 57.3 Å². The molecule has 0 aliphatic heterocycles. The van der Waals surface area contributed by atoms with Crippen LogP contribution in [0.5, 0.6) is 5.75 Å². The number of rotatable bonds is 5. The minimum Gasteiger partial charge on any atom is -0.494 e. The van der Waals surface area contributed by atoms with Crippen molar-refractivity contribution in [3.05, 3.63) is 65.0 Å². The number of benzene rings is 2. The van der Waals surface area contributed by atoms with E-state index < -0.39 is 0 Å². The second kappa shape index (κ2) is 6.53. The van der Waals surface area contributed by atoms with Gasteiger partial charge in [-0.25, -0.2) is 4.39 Å². The van der Waals surface area contributed by atoms with Gasteiger partial charge in [-0.3, -0.25) is 0 Å². The minimum atomic E-state index is -0.189. The van der Waals surface area contributed by atoms with Crippen molar-refractivity contribution in [1.82, 2.24) is 5.32 Å². The third-order valence-corrected chi connectivity index (χ3v) is 3.26. The zero-order chi connectivity index (χ0) is 14.5. The van der Waals surface area contributed by atoms with Crippen molar-refractivity contribution in [2.75, 3.05) is 13.7 Å². The molecule has 3 heteroatoms. The molecule has 0 aliphatic carbocycles. The fourth-order valence-electron chi connectivity index (χ4n) is 2.32. The molecule has 1 atom stereocenters. The largest absolute Gasteiger partial charge is 0.494 e. The first-order chi connectivity index (χ1) is 9.65. The normalized spacial score (nSPS) is 12.2. The Hall–Kier alpha value is -1.87. The van der Waals surface area contributed by atoms with Crippen LogP contribution in [-0.4, -0.2) is 13.7 Å². The Morgan fingerprint density at radius 1 is 1.20 bits per heavy atom. The fraction of sp³-hybridized carbons (Fsp3) is 0.294. The lowest BCUT2D eigenvalue weighted by molar-refractivity contribution is 0.339. The van der Waals surface area contributed by atoms with Gasteiger partial charge < -0.3 is 10.1 Å². The summed E-state index contributed by atoms with van der Waals surface area (Å²) in [6.07, 6.45) is 0. The molecule has 2 aromatic carbocycles. The Balaban J connectivity index is 2.38. The van der Waals surface area contributed by atoms with Gasteiger partial charge in [0, 0.05) is 5.56 Å². The lowest BCUT2D eigenvalue weighted by Gasteiger charge is -2.19. The molecule has 0 bridgehead atoms. The number of ether oxygens (including phenoxy) is 1. The van der Waals surface area contributed by atoms with Crippen LogP contribution in [0.1, 0.15) is 29.7 Å². The number of halogens is 1. The molecule has 0 spiro atoms. The molecule has 0 radical (unpaired) electrons. The van der Waals surface area contributed by atoms with Crippen LogP contribution in [0.4, 0.5) is 4.39 Å². The predicted molar refractivity (Wildman–Crippen MR) is 79.7 cm³/mol. The summed E-state index contributed by atoms with van der Waals surface area (Å²) in [5.41, 5.74) is 2.55. The van der Waals surface area contributed by atoms with E-state index in [2.05, 4.69) is 5.32 Å². The highest BCUT2D eigenvalue weighted by molar-refractivity contribution is 5.38. The zero-order valence-corrected chi connectivity index (χ0v) is 12.1. The Kier molecular flexibility index (Phi) is 4.74. The van der Waals surface area contributed by atoms with Gasteiger partial charge in [-0.15, -0.1) is 0 Å². The predicted octanol–water partition coefficient (Wildman–Crippen LogP) is 3.84. The summed E-state index contributed by atoms with van der Waals surface area (Å²) in [6.45, 7) is 4.45. The first kappa shape index (κ1) is 14.5. The second-order valence-electron chi connectivity index (χ2n) is 4.75. The molecule has 0 saturated carbocycles. The summed E-state index contributed by atoms with van der Waals surface area (Å²) in [7, 11) is 1.83. The minimum absolute atomic E-state index is 0.184. The third kappa shape index (κ3) is 3.17. The first-order valence-electron chi connectivity index (χ1n) is 6.81. The summed E-state index contributed by atoms with van der Waals surface area (Å²) in [5.74, 6) is 0.615. The molecule has 1 N–H and O–H groups in total. The van der Waals surface area contributed by atoms with Gasteiger partial charge in [0.2, 0.25) is 0 Å². The van der Waals surface area contributed by atoms with Crippen molar-refractivity contribution in [2.24, 2.45) is 0 Å². The van der Waals surface area contributed by atoms with Crippen molar-refractivity contribution < 1.29 is 9.13 Å². The smallest absolute Gasteiger partial charge is 0.128 e. The molecule has 0 fully saturated rings. The molecule has 2 aromatic rings. The maximum Gasteiger partial charge on any atom is 0.128 e. The Bertz CT molecular complexity index is 583. The SMILES string of the molecule is CCOc1cccc(C(NC)c2ccc(C)cc2F)c1. The van der Waals surface area contributed by atoms with Gasteiger partial charge in [0.15, 0.2) is 0 Å². The summed E-state index contributed by atoms with van der Waals surface area (Å²) in [4.78, 5) is 0. The number of nitrogens with one attached hydrogen (secondary N) is 1. The molecule has 1 unspecified atom stereocenters. The van der Waals surface area contributed by atoms with E-state index in [0.717, 1.165) is 16.9 Å². The quantitative estimate of drug-likeness (QED) is 0.893. The molecule has 20 heavy (non-hydrogen) atoms. The third-order valence-electron chi connectivity index (χ3n) is 3.26. The maximum atomic E-state index is 14.2. The standard InChI is InChI=1S/C17H20FNO/c1-4-20-14-7-5-6-13(11-14)17(19-3)15-9-8-12(2)10-16(15)18/h5-11,17,19H,4H2,1-3H3. The summed E-state index contributed by atoms with van der Waals surface area (Å²) >= 11 is 0. The van der Waals surface area contributed by atoms with Crippen molar-refractivity contribution in [2.45, 2.75) is 19.9 Å². The van der Waals surface area contributed by atoms with Crippen molar-refractivity contribution in [3.8, 4) is 5.75 Å². The average Bonchev–Trinajstić information content (AvgIpc) is 2.43. The lowest BCUT2D eigenvalue weighted by atomic mass is 9.97. The van der Waals surface area contributed by atoms with Gasteiger partial charge >= 0.3 is 0 Å². The van der Waals surface area contributed by atoms with E-state index in [-0.39, 0.29) is 11.9 Å². The summed E-state index contributed by atoms with van der Waals surface area (Å²) in [6, 6.07) is 12.9. The molecule has 0 heterocycles. The van der Waals surface area contributed by atoms with Crippen LogP contribution in [0.3, 0.4) is 0 Å². The van der Waals surface area contributed by atoms with Gasteiger partial charge in [0.05, 0.1) is 12.6 Å². The van der Waals surface area contributed by atoms with Gasteiger partial charge in [0.25, 0.3) is 0 Å². The van der Waals surface area contributed by atoms with E-state index in [1.165, 1.54) is 0 Å². The molecule has 0 amide bonds. The lowest BCUT2D eigenvalue weighted by Crippen LogP contribution is -2.19. The fourth-order valence-corrected chi connectivity index (χ4v) is 2.32. The van der Waals surface area contributed by atoms with E-state index >= 15 is 0 Å². The van der Waals surface area contributed by atoms with Gasteiger partial charge in [0.1, 0.15) is 11.6 Å². The highest BCUT2D eigenvalue weighted by Crippen LogP contribution is 2.27. The van der Waals surface area contributed by atoms with Crippen molar-refractivity contribution in [1.29, 1.82) is 0 Å². The highest BCUT2D eigenvalue weighted by atomic mass is 19.1. The van der Waals surface area contributed by atoms with E-state index in [9.17, 15) is 4.39 Å². The molecule has 106 valence electrons. The Labute approximate surface area is 119 Å². The van der Waals surface area contributed by atoms with Crippen LogP contribution < -0.4 is 10.1 Å². The first-order valence-corrected chi connectivity index (χ1v) is 6.81. The topological polar surface area (TPSA) is 21.3 Å². The Morgan fingerprint density at radius 3 is 2.65 bits per heavy atom. The van der Waals surface area contributed by atoms with E-state index in [0.29, 0.717) is 12.2 Å².